The van der Waals surface area contributed by atoms with E-state index >= 15 is 0 Å². The van der Waals surface area contributed by atoms with Gasteiger partial charge in [-0.1, -0.05) is 12.1 Å². The molecule has 1 heterocycles. The van der Waals surface area contributed by atoms with Crippen molar-refractivity contribution in [2.75, 3.05) is 52.5 Å². The Morgan fingerprint density at radius 1 is 1.10 bits per heavy atom. The van der Waals surface area contributed by atoms with Gasteiger partial charge in [0.05, 0.1) is 12.2 Å². The number of piperazine rings is 1. The van der Waals surface area contributed by atoms with Crippen molar-refractivity contribution in [3.8, 4) is 11.8 Å². The maximum atomic E-state index is 8.98. The first-order valence-corrected chi connectivity index (χ1v) is 7.01. The Morgan fingerprint density at radius 3 is 2.40 bits per heavy atom. The van der Waals surface area contributed by atoms with Crippen LogP contribution in [0.25, 0.3) is 0 Å². The second-order valence-electron chi connectivity index (χ2n) is 4.86. The number of aliphatic hydroxyl groups excluding tert-OH is 1. The molecule has 108 valence electrons. The van der Waals surface area contributed by atoms with Gasteiger partial charge < -0.3 is 9.84 Å². The first-order valence-electron chi connectivity index (χ1n) is 7.01. The van der Waals surface area contributed by atoms with E-state index in [2.05, 4.69) is 15.9 Å². The molecule has 5 nitrogen and oxygen atoms in total. The molecule has 0 radical (unpaired) electrons. The number of β-amino-alcohol motifs (C(OH)–C–C–N with tert-alkyl or cyclic N) is 1. The van der Waals surface area contributed by atoms with Crippen molar-refractivity contribution in [3.05, 3.63) is 29.8 Å². The van der Waals surface area contributed by atoms with Crippen molar-refractivity contribution in [1.82, 2.24) is 9.80 Å². The highest BCUT2D eigenvalue weighted by atomic mass is 16.5. The molecule has 0 spiro atoms. The summed E-state index contributed by atoms with van der Waals surface area (Å²) < 4.78 is 5.69. The minimum absolute atomic E-state index is 0.230. The van der Waals surface area contributed by atoms with E-state index in [0.717, 1.165) is 39.3 Å². The molecule has 1 saturated heterocycles. The third-order valence-electron chi connectivity index (χ3n) is 3.55. The summed E-state index contributed by atoms with van der Waals surface area (Å²) in [6, 6.07) is 9.45. The molecule has 1 fully saturated rings. The lowest BCUT2D eigenvalue weighted by Gasteiger charge is -2.34. The van der Waals surface area contributed by atoms with Crippen molar-refractivity contribution < 1.29 is 9.84 Å². The fourth-order valence-corrected chi connectivity index (χ4v) is 2.35. The normalized spacial score (nSPS) is 16.8. The molecule has 1 aliphatic rings. The quantitative estimate of drug-likeness (QED) is 0.821. The van der Waals surface area contributed by atoms with Gasteiger partial charge in [0.2, 0.25) is 0 Å². The topological polar surface area (TPSA) is 59.7 Å². The van der Waals surface area contributed by atoms with Gasteiger partial charge in [0.25, 0.3) is 0 Å². The highest BCUT2D eigenvalue weighted by Gasteiger charge is 2.15. The average Bonchev–Trinajstić information content (AvgIpc) is 2.50. The molecule has 0 amide bonds. The Labute approximate surface area is 120 Å². The molecule has 1 aliphatic heterocycles. The Morgan fingerprint density at radius 2 is 1.75 bits per heavy atom. The van der Waals surface area contributed by atoms with Gasteiger partial charge in [-0.05, 0) is 12.1 Å². The maximum Gasteiger partial charge on any atom is 0.137 e. The van der Waals surface area contributed by atoms with E-state index in [4.69, 9.17) is 15.1 Å². The van der Waals surface area contributed by atoms with Crippen LogP contribution in [0.2, 0.25) is 0 Å². The largest absolute Gasteiger partial charge is 0.491 e. The highest BCUT2D eigenvalue weighted by molar-refractivity contribution is 5.42. The molecule has 0 bridgehead atoms. The first-order chi connectivity index (χ1) is 9.83. The Bertz CT molecular complexity index is 451. The van der Waals surface area contributed by atoms with Gasteiger partial charge in [-0.25, -0.2) is 0 Å². The Balaban J connectivity index is 1.71. The molecule has 2 rings (SSSR count). The van der Waals surface area contributed by atoms with Crippen LogP contribution in [0.3, 0.4) is 0 Å². The van der Waals surface area contributed by atoms with Gasteiger partial charge in [0.15, 0.2) is 0 Å². The number of benzene rings is 1. The summed E-state index contributed by atoms with van der Waals surface area (Å²) in [5.74, 6) is 0.661. The number of nitriles is 1. The fraction of sp³-hybridized carbons (Fsp3) is 0.533. The van der Waals surface area contributed by atoms with E-state index in [1.807, 2.05) is 18.2 Å². The molecule has 0 aliphatic carbocycles. The van der Waals surface area contributed by atoms with Crippen LogP contribution in [0.5, 0.6) is 5.75 Å². The molecule has 0 saturated carbocycles. The lowest BCUT2D eigenvalue weighted by Crippen LogP contribution is -2.48. The molecule has 20 heavy (non-hydrogen) atoms. The summed E-state index contributed by atoms with van der Waals surface area (Å²) >= 11 is 0. The number of hydrogen-bond acceptors (Lipinski definition) is 5. The molecule has 1 N–H and O–H groups in total. The number of aliphatic hydroxyl groups is 1. The van der Waals surface area contributed by atoms with Crippen LogP contribution in [0.15, 0.2) is 24.3 Å². The number of hydrogen-bond donors (Lipinski definition) is 1. The van der Waals surface area contributed by atoms with E-state index in [9.17, 15) is 0 Å². The zero-order valence-electron chi connectivity index (χ0n) is 11.7. The van der Waals surface area contributed by atoms with Crippen LogP contribution < -0.4 is 4.74 Å². The lowest BCUT2D eigenvalue weighted by atomic mass is 10.2. The van der Waals surface area contributed by atoms with Gasteiger partial charge in [-0.2, -0.15) is 5.26 Å². The smallest absolute Gasteiger partial charge is 0.137 e. The van der Waals surface area contributed by atoms with Gasteiger partial charge in [0.1, 0.15) is 18.4 Å². The van der Waals surface area contributed by atoms with Crippen LogP contribution in [-0.2, 0) is 0 Å². The summed E-state index contributed by atoms with van der Waals surface area (Å²) in [5.41, 5.74) is 0.584. The number of rotatable bonds is 6. The van der Waals surface area contributed by atoms with Crippen LogP contribution in [0.4, 0.5) is 0 Å². The van der Waals surface area contributed by atoms with E-state index in [1.54, 1.807) is 6.07 Å². The van der Waals surface area contributed by atoms with Gasteiger partial charge >= 0.3 is 0 Å². The third-order valence-corrected chi connectivity index (χ3v) is 3.55. The zero-order valence-corrected chi connectivity index (χ0v) is 11.7. The SMILES string of the molecule is N#Cc1ccccc1OCCN1CCN(CCO)CC1. The molecule has 0 unspecified atom stereocenters. The highest BCUT2D eigenvalue weighted by Crippen LogP contribution is 2.16. The average molecular weight is 275 g/mol. The van der Waals surface area contributed by atoms with Gasteiger partial charge in [-0.15, -0.1) is 0 Å². The predicted molar refractivity (Wildman–Crippen MR) is 76.6 cm³/mol. The Hall–Kier alpha value is -1.61. The molecule has 5 heteroatoms. The summed E-state index contributed by atoms with van der Waals surface area (Å²) in [6.45, 7) is 6.45. The Kier molecular flexibility index (Phi) is 5.81. The van der Waals surface area contributed by atoms with Crippen molar-refractivity contribution in [2.24, 2.45) is 0 Å². The summed E-state index contributed by atoms with van der Waals surface area (Å²) in [6.07, 6.45) is 0. The van der Waals surface area contributed by atoms with Crippen LogP contribution in [0, 0.1) is 11.3 Å². The zero-order chi connectivity index (χ0) is 14.2. The third kappa shape index (κ3) is 4.20. The minimum atomic E-state index is 0.230. The second-order valence-corrected chi connectivity index (χ2v) is 4.86. The van der Waals surface area contributed by atoms with Crippen molar-refractivity contribution in [2.45, 2.75) is 0 Å². The standard InChI is InChI=1S/C15H21N3O2/c16-13-14-3-1-2-4-15(14)20-12-10-18-7-5-17(6-8-18)9-11-19/h1-4,19H,5-12H2. The summed E-state index contributed by atoms with van der Waals surface area (Å²) in [7, 11) is 0. The van der Waals surface area contributed by atoms with E-state index in [-0.39, 0.29) is 6.61 Å². The minimum Gasteiger partial charge on any atom is -0.491 e. The molecule has 0 atom stereocenters. The fourth-order valence-electron chi connectivity index (χ4n) is 2.35. The number of nitrogens with zero attached hydrogens (tertiary/aromatic N) is 3. The lowest BCUT2D eigenvalue weighted by molar-refractivity contribution is 0.102. The van der Waals surface area contributed by atoms with Gasteiger partial charge in [0, 0.05) is 39.3 Å². The monoisotopic (exact) mass is 275 g/mol. The van der Waals surface area contributed by atoms with Crippen molar-refractivity contribution >= 4 is 0 Å². The summed E-state index contributed by atoms with van der Waals surface area (Å²) in [4.78, 5) is 4.62. The van der Waals surface area contributed by atoms with Gasteiger partial charge in [-0.3, -0.25) is 9.80 Å². The van der Waals surface area contributed by atoms with Crippen molar-refractivity contribution in [1.29, 1.82) is 5.26 Å². The van der Waals surface area contributed by atoms with Crippen molar-refractivity contribution in [3.63, 3.8) is 0 Å². The molecular weight excluding hydrogens is 254 g/mol. The summed E-state index contributed by atoms with van der Waals surface area (Å²) in [5, 5.41) is 17.9. The number of ether oxygens (including phenoxy) is 1. The van der Waals surface area contributed by atoms with Crippen LogP contribution in [-0.4, -0.2) is 67.4 Å². The predicted octanol–water partition coefficient (Wildman–Crippen LogP) is 0.547. The van der Waals surface area contributed by atoms with Crippen LogP contribution in [0.1, 0.15) is 5.56 Å². The van der Waals surface area contributed by atoms with E-state index < -0.39 is 0 Å². The molecule has 0 aromatic heterocycles. The first kappa shape index (κ1) is 14.8. The molecule has 1 aromatic rings. The molecule has 1 aromatic carbocycles. The van der Waals surface area contributed by atoms with E-state index in [1.165, 1.54) is 0 Å². The number of para-hydroxylation sites is 1. The second kappa shape index (κ2) is 7.85. The maximum absolute atomic E-state index is 8.98. The van der Waals surface area contributed by atoms with E-state index in [0.29, 0.717) is 17.9 Å². The molecular formula is C15H21N3O2. The van der Waals surface area contributed by atoms with Crippen LogP contribution >= 0.6 is 0 Å².